The van der Waals surface area contributed by atoms with Crippen LogP contribution in [0.25, 0.3) is 32.7 Å². The molecule has 0 aliphatic carbocycles. The third-order valence-electron chi connectivity index (χ3n) is 3.87. The summed E-state index contributed by atoms with van der Waals surface area (Å²) in [6.45, 7) is 0. The number of nitrogens with zero attached hydrogens (tertiary/aromatic N) is 1. The fourth-order valence-corrected chi connectivity index (χ4v) is 3.73. The number of carbonyl (C=O) groups is 1. The predicted octanol–water partition coefficient (Wildman–Crippen LogP) is 4.59. The van der Waals surface area contributed by atoms with Crippen molar-refractivity contribution in [3.05, 3.63) is 65.7 Å². The molecule has 0 amide bonds. The van der Waals surface area contributed by atoms with Gasteiger partial charge in [0.15, 0.2) is 0 Å². The van der Waals surface area contributed by atoms with Gasteiger partial charge in [-0.3, -0.25) is 4.79 Å². The lowest BCUT2D eigenvalue weighted by molar-refractivity contribution is -0.136. The molecule has 0 spiro atoms. The van der Waals surface area contributed by atoms with Crippen LogP contribution in [0.2, 0.25) is 0 Å². The lowest BCUT2D eigenvalue weighted by atomic mass is 10.1. The second-order valence-electron chi connectivity index (χ2n) is 5.50. The van der Waals surface area contributed by atoms with Crippen LogP contribution in [0, 0.1) is 0 Å². The number of fused-ring (bicyclic) bond motifs is 1. The van der Waals surface area contributed by atoms with Crippen molar-refractivity contribution in [1.82, 2.24) is 9.97 Å². The minimum absolute atomic E-state index is 0.0560. The van der Waals surface area contributed by atoms with Crippen LogP contribution in [0.1, 0.15) is 5.69 Å². The van der Waals surface area contributed by atoms with Crippen molar-refractivity contribution < 1.29 is 9.90 Å². The highest BCUT2D eigenvalue weighted by Crippen LogP contribution is 2.39. The quantitative estimate of drug-likeness (QED) is 0.574. The molecule has 0 saturated carbocycles. The zero-order valence-electron chi connectivity index (χ0n) is 12.7. The Morgan fingerprint density at radius 2 is 1.83 bits per heavy atom. The SMILES string of the molecule is O=C(O)Cc1csc(-c2c(-c3ccccc3)[nH]c3ccccc23)n1. The van der Waals surface area contributed by atoms with E-state index < -0.39 is 5.97 Å². The number of benzene rings is 2. The van der Waals surface area contributed by atoms with Crippen LogP contribution < -0.4 is 0 Å². The molecular weight excluding hydrogens is 320 g/mol. The molecule has 118 valence electrons. The van der Waals surface area contributed by atoms with Crippen molar-refractivity contribution in [2.75, 3.05) is 0 Å². The van der Waals surface area contributed by atoms with E-state index in [1.165, 1.54) is 11.3 Å². The van der Waals surface area contributed by atoms with Crippen LogP contribution in [0.3, 0.4) is 0 Å². The number of carboxylic acid groups (broad SMARTS) is 1. The van der Waals surface area contributed by atoms with E-state index in [4.69, 9.17) is 5.11 Å². The highest BCUT2D eigenvalue weighted by Gasteiger charge is 2.18. The Kier molecular flexibility index (Phi) is 3.63. The molecule has 0 aliphatic heterocycles. The fraction of sp³-hybridized carbons (Fsp3) is 0.0526. The second-order valence-corrected chi connectivity index (χ2v) is 6.36. The summed E-state index contributed by atoms with van der Waals surface area (Å²) in [5.74, 6) is -0.867. The van der Waals surface area contributed by atoms with E-state index in [1.54, 1.807) is 0 Å². The first-order valence-electron chi connectivity index (χ1n) is 7.55. The van der Waals surface area contributed by atoms with E-state index in [1.807, 2.05) is 41.8 Å². The topological polar surface area (TPSA) is 66.0 Å². The first-order chi connectivity index (χ1) is 11.7. The number of carboxylic acids is 1. The van der Waals surface area contributed by atoms with Gasteiger partial charge in [-0.1, -0.05) is 48.5 Å². The molecule has 0 fully saturated rings. The Balaban J connectivity index is 1.93. The average molecular weight is 334 g/mol. The van der Waals surface area contributed by atoms with Gasteiger partial charge in [-0.2, -0.15) is 0 Å². The smallest absolute Gasteiger partial charge is 0.309 e. The van der Waals surface area contributed by atoms with Gasteiger partial charge >= 0.3 is 5.97 Å². The maximum atomic E-state index is 10.9. The highest BCUT2D eigenvalue weighted by atomic mass is 32.1. The molecule has 0 atom stereocenters. The molecule has 0 radical (unpaired) electrons. The monoisotopic (exact) mass is 334 g/mol. The number of aromatic amines is 1. The normalized spacial score (nSPS) is 11.0. The van der Waals surface area contributed by atoms with Gasteiger partial charge < -0.3 is 10.1 Å². The van der Waals surface area contributed by atoms with Crippen molar-refractivity contribution in [2.24, 2.45) is 0 Å². The molecule has 0 unspecified atom stereocenters. The van der Waals surface area contributed by atoms with E-state index in [9.17, 15) is 4.79 Å². The Bertz CT molecular complexity index is 1020. The third kappa shape index (κ3) is 2.59. The van der Waals surface area contributed by atoms with Crippen LogP contribution >= 0.6 is 11.3 Å². The number of para-hydroxylation sites is 1. The number of hydrogen-bond acceptors (Lipinski definition) is 3. The summed E-state index contributed by atoms with van der Waals surface area (Å²) >= 11 is 1.48. The maximum Gasteiger partial charge on any atom is 0.309 e. The van der Waals surface area contributed by atoms with Crippen LogP contribution in [0.5, 0.6) is 0 Å². The predicted molar refractivity (Wildman–Crippen MR) is 96.2 cm³/mol. The Labute approximate surface area is 142 Å². The van der Waals surface area contributed by atoms with E-state index >= 15 is 0 Å². The molecule has 2 aromatic heterocycles. The Morgan fingerprint density at radius 1 is 1.08 bits per heavy atom. The number of nitrogens with one attached hydrogen (secondary N) is 1. The van der Waals surface area contributed by atoms with Crippen molar-refractivity contribution in [2.45, 2.75) is 6.42 Å². The van der Waals surface area contributed by atoms with Gasteiger partial charge in [0, 0.05) is 21.8 Å². The summed E-state index contributed by atoms with van der Waals surface area (Å²) in [6.07, 6.45) is -0.0560. The van der Waals surface area contributed by atoms with Gasteiger partial charge in [-0.25, -0.2) is 4.98 Å². The van der Waals surface area contributed by atoms with Crippen LogP contribution in [0.15, 0.2) is 60.0 Å². The molecule has 2 aromatic carbocycles. The number of aromatic nitrogens is 2. The lowest BCUT2D eigenvalue weighted by Crippen LogP contribution is -1.99. The van der Waals surface area contributed by atoms with Gasteiger partial charge in [0.25, 0.3) is 0 Å². The van der Waals surface area contributed by atoms with Crippen LogP contribution in [-0.2, 0) is 11.2 Å². The summed E-state index contributed by atoms with van der Waals surface area (Å²) in [6, 6.07) is 18.2. The van der Waals surface area contributed by atoms with Crippen molar-refractivity contribution in [1.29, 1.82) is 0 Å². The molecule has 4 nitrogen and oxygen atoms in total. The highest BCUT2D eigenvalue weighted by molar-refractivity contribution is 7.13. The third-order valence-corrected chi connectivity index (χ3v) is 4.78. The number of rotatable bonds is 4. The van der Waals surface area contributed by atoms with Crippen LogP contribution in [-0.4, -0.2) is 21.0 Å². The summed E-state index contributed by atoms with van der Waals surface area (Å²) in [4.78, 5) is 18.9. The fourth-order valence-electron chi connectivity index (χ4n) is 2.84. The summed E-state index contributed by atoms with van der Waals surface area (Å²) in [5, 5.41) is 12.7. The lowest BCUT2D eigenvalue weighted by Gasteiger charge is -2.02. The van der Waals surface area contributed by atoms with Gasteiger partial charge in [0.05, 0.1) is 17.8 Å². The van der Waals surface area contributed by atoms with Gasteiger partial charge in [-0.05, 0) is 11.6 Å². The summed E-state index contributed by atoms with van der Waals surface area (Å²) in [5.41, 5.74) is 4.75. The van der Waals surface area contributed by atoms with Gasteiger partial charge in [0.1, 0.15) is 5.01 Å². The molecule has 4 aromatic rings. The molecule has 2 N–H and O–H groups in total. The zero-order chi connectivity index (χ0) is 16.5. The number of hydrogen-bond donors (Lipinski definition) is 2. The van der Waals surface area contributed by atoms with E-state index in [0.717, 1.165) is 32.7 Å². The molecule has 5 heteroatoms. The first-order valence-corrected chi connectivity index (χ1v) is 8.43. The maximum absolute atomic E-state index is 10.9. The molecule has 0 bridgehead atoms. The standard InChI is InChI=1S/C19H14N2O2S/c22-16(23)10-13-11-24-19(20-13)17-14-8-4-5-9-15(14)21-18(17)12-6-2-1-3-7-12/h1-9,11,21H,10H2,(H,22,23). The molecule has 0 aliphatic rings. The van der Waals surface area contributed by atoms with Gasteiger partial charge in [0.2, 0.25) is 0 Å². The largest absolute Gasteiger partial charge is 0.481 e. The number of H-pyrrole nitrogens is 1. The van der Waals surface area contributed by atoms with E-state index in [-0.39, 0.29) is 6.42 Å². The molecule has 0 saturated heterocycles. The molecule has 24 heavy (non-hydrogen) atoms. The molecule has 4 rings (SSSR count). The van der Waals surface area contributed by atoms with Crippen LogP contribution in [0.4, 0.5) is 0 Å². The van der Waals surface area contributed by atoms with Gasteiger partial charge in [-0.15, -0.1) is 11.3 Å². The molecule has 2 heterocycles. The van der Waals surface area contributed by atoms with E-state index in [0.29, 0.717) is 5.69 Å². The summed E-state index contributed by atoms with van der Waals surface area (Å²) in [7, 11) is 0. The van der Waals surface area contributed by atoms with E-state index in [2.05, 4.69) is 28.2 Å². The zero-order valence-corrected chi connectivity index (χ0v) is 13.5. The molecular formula is C19H14N2O2S. The number of aliphatic carboxylic acids is 1. The average Bonchev–Trinajstić information content (AvgIpc) is 3.19. The van der Waals surface area contributed by atoms with Crippen molar-refractivity contribution >= 4 is 28.2 Å². The van der Waals surface area contributed by atoms with Crippen molar-refractivity contribution in [3.8, 4) is 21.8 Å². The minimum Gasteiger partial charge on any atom is -0.481 e. The van der Waals surface area contributed by atoms with Crippen molar-refractivity contribution in [3.63, 3.8) is 0 Å². The first kappa shape index (κ1) is 14.7. The minimum atomic E-state index is -0.867. The second kappa shape index (κ2) is 5.94. The number of thiazole rings is 1. The Hall–Kier alpha value is -2.92. The summed E-state index contributed by atoms with van der Waals surface area (Å²) < 4.78 is 0. The Morgan fingerprint density at radius 3 is 2.62 bits per heavy atom.